The first-order valence-electron chi connectivity index (χ1n) is 6.90. The number of hydrogen-bond donors (Lipinski definition) is 2. The average Bonchev–Trinajstić information content (AvgIpc) is 2.39. The maximum Gasteiger partial charge on any atom is 0.122 e. The van der Waals surface area contributed by atoms with Crippen LogP contribution in [0.4, 0.5) is 0 Å². The lowest BCUT2D eigenvalue weighted by atomic mass is 9.84. The first kappa shape index (κ1) is 13.4. The molecule has 0 saturated carbocycles. The Labute approximate surface area is 110 Å². The Balaban J connectivity index is 2.12. The number of fused-ring (bicyclic) bond motifs is 1. The number of rotatable bonds is 5. The van der Waals surface area contributed by atoms with Crippen molar-refractivity contribution in [3.8, 4) is 5.75 Å². The maximum absolute atomic E-state index is 5.76. The van der Waals surface area contributed by atoms with E-state index < -0.39 is 0 Å². The van der Waals surface area contributed by atoms with Crippen molar-refractivity contribution in [1.82, 2.24) is 5.43 Å². The fourth-order valence-corrected chi connectivity index (χ4v) is 2.70. The van der Waals surface area contributed by atoms with Crippen LogP contribution in [0.15, 0.2) is 24.3 Å². The summed E-state index contributed by atoms with van der Waals surface area (Å²) in [7, 11) is 0. The maximum atomic E-state index is 5.76. The van der Waals surface area contributed by atoms with Gasteiger partial charge in [-0.2, -0.15) is 0 Å². The van der Waals surface area contributed by atoms with Crippen molar-refractivity contribution >= 4 is 0 Å². The van der Waals surface area contributed by atoms with Gasteiger partial charge in [0, 0.05) is 12.0 Å². The zero-order valence-electron chi connectivity index (χ0n) is 11.4. The van der Waals surface area contributed by atoms with Gasteiger partial charge in [0.05, 0.1) is 6.61 Å². The molecule has 2 atom stereocenters. The lowest BCUT2D eigenvalue weighted by Crippen LogP contribution is -2.41. The minimum atomic E-state index is 0.345. The molecule has 18 heavy (non-hydrogen) atoms. The Kier molecular flexibility index (Phi) is 4.61. The van der Waals surface area contributed by atoms with Crippen LogP contribution in [0.2, 0.25) is 0 Å². The molecular formula is C15H24N2O. The van der Waals surface area contributed by atoms with E-state index in [1.54, 1.807) is 0 Å². The molecule has 2 rings (SSSR count). The molecule has 100 valence electrons. The Morgan fingerprint density at radius 1 is 1.33 bits per heavy atom. The Morgan fingerprint density at radius 3 is 2.83 bits per heavy atom. The van der Waals surface area contributed by atoms with E-state index in [-0.39, 0.29) is 0 Å². The summed E-state index contributed by atoms with van der Waals surface area (Å²) in [6.45, 7) is 5.30. The number of nitrogens with one attached hydrogen (secondary N) is 1. The summed E-state index contributed by atoms with van der Waals surface area (Å²) in [6.07, 6.45) is 3.37. The predicted octanol–water partition coefficient (Wildman–Crippen LogP) is 2.82. The third-order valence-electron chi connectivity index (χ3n) is 3.76. The third-order valence-corrected chi connectivity index (χ3v) is 3.76. The second-order valence-electron chi connectivity index (χ2n) is 5.53. The molecule has 0 spiro atoms. The van der Waals surface area contributed by atoms with E-state index in [9.17, 15) is 0 Å². The van der Waals surface area contributed by atoms with Crippen LogP contribution in [0.25, 0.3) is 0 Å². The molecule has 0 saturated heterocycles. The first-order valence-corrected chi connectivity index (χ1v) is 6.90. The third kappa shape index (κ3) is 3.03. The molecule has 1 aromatic carbocycles. The molecule has 3 N–H and O–H groups in total. The summed E-state index contributed by atoms with van der Waals surface area (Å²) in [6, 6.07) is 8.67. The molecule has 0 aliphatic carbocycles. The fourth-order valence-electron chi connectivity index (χ4n) is 2.70. The molecule has 1 aliphatic rings. The van der Waals surface area contributed by atoms with Gasteiger partial charge in [0.15, 0.2) is 0 Å². The molecule has 1 aromatic rings. The molecule has 2 unspecified atom stereocenters. The largest absolute Gasteiger partial charge is 0.493 e. The van der Waals surface area contributed by atoms with Gasteiger partial charge in [0.2, 0.25) is 0 Å². The van der Waals surface area contributed by atoms with E-state index >= 15 is 0 Å². The van der Waals surface area contributed by atoms with Crippen LogP contribution < -0.4 is 16.0 Å². The number of hydrazine groups is 1. The van der Waals surface area contributed by atoms with Crippen molar-refractivity contribution in [2.75, 3.05) is 6.61 Å². The van der Waals surface area contributed by atoms with Crippen LogP contribution in [0.5, 0.6) is 5.75 Å². The highest BCUT2D eigenvalue weighted by Crippen LogP contribution is 2.36. The number of benzene rings is 1. The summed E-state index contributed by atoms with van der Waals surface area (Å²) in [5.74, 6) is 7.97. The van der Waals surface area contributed by atoms with Crippen LogP contribution in [-0.4, -0.2) is 12.6 Å². The van der Waals surface area contributed by atoms with Crippen molar-refractivity contribution in [2.45, 2.75) is 45.1 Å². The van der Waals surface area contributed by atoms with Gasteiger partial charge in [-0.3, -0.25) is 11.3 Å². The van der Waals surface area contributed by atoms with Crippen LogP contribution in [-0.2, 0) is 0 Å². The van der Waals surface area contributed by atoms with Crippen LogP contribution in [0.3, 0.4) is 0 Å². The highest BCUT2D eigenvalue weighted by molar-refractivity contribution is 5.38. The predicted molar refractivity (Wildman–Crippen MR) is 74.5 cm³/mol. The Hall–Kier alpha value is -1.06. The van der Waals surface area contributed by atoms with E-state index in [4.69, 9.17) is 10.6 Å². The topological polar surface area (TPSA) is 47.3 Å². The second kappa shape index (κ2) is 6.21. The van der Waals surface area contributed by atoms with Crippen LogP contribution >= 0.6 is 0 Å². The van der Waals surface area contributed by atoms with Crippen molar-refractivity contribution in [3.63, 3.8) is 0 Å². The zero-order chi connectivity index (χ0) is 13.0. The van der Waals surface area contributed by atoms with Gasteiger partial charge in [0.1, 0.15) is 5.75 Å². The van der Waals surface area contributed by atoms with Gasteiger partial charge in [-0.05, 0) is 36.8 Å². The van der Waals surface area contributed by atoms with Gasteiger partial charge < -0.3 is 4.74 Å². The summed E-state index contributed by atoms with van der Waals surface area (Å²) < 4.78 is 5.71. The Morgan fingerprint density at radius 2 is 2.11 bits per heavy atom. The smallest absolute Gasteiger partial charge is 0.122 e. The molecule has 1 aliphatic heterocycles. The SMILES string of the molecule is CC(C)CCC(NN)C1CCOc2ccccc21. The number of hydrogen-bond acceptors (Lipinski definition) is 3. The molecule has 0 fully saturated rings. The van der Waals surface area contributed by atoms with Crippen molar-refractivity contribution in [3.05, 3.63) is 29.8 Å². The van der Waals surface area contributed by atoms with Gasteiger partial charge in [-0.1, -0.05) is 32.0 Å². The van der Waals surface area contributed by atoms with E-state index in [2.05, 4.69) is 37.5 Å². The van der Waals surface area contributed by atoms with Crippen molar-refractivity contribution < 1.29 is 4.74 Å². The van der Waals surface area contributed by atoms with Crippen molar-refractivity contribution in [1.29, 1.82) is 0 Å². The lowest BCUT2D eigenvalue weighted by Gasteiger charge is -2.32. The van der Waals surface area contributed by atoms with Gasteiger partial charge >= 0.3 is 0 Å². The molecule has 3 nitrogen and oxygen atoms in total. The summed E-state index contributed by atoms with van der Waals surface area (Å²) >= 11 is 0. The van der Waals surface area contributed by atoms with E-state index in [1.807, 2.05) is 6.07 Å². The van der Waals surface area contributed by atoms with Crippen molar-refractivity contribution in [2.24, 2.45) is 11.8 Å². The van der Waals surface area contributed by atoms with Gasteiger partial charge in [-0.15, -0.1) is 0 Å². The summed E-state index contributed by atoms with van der Waals surface area (Å²) in [5.41, 5.74) is 4.31. The van der Waals surface area contributed by atoms with E-state index in [1.165, 1.54) is 12.0 Å². The number of ether oxygens (including phenoxy) is 1. The fraction of sp³-hybridized carbons (Fsp3) is 0.600. The zero-order valence-corrected chi connectivity index (χ0v) is 11.4. The van der Waals surface area contributed by atoms with E-state index in [0.29, 0.717) is 12.0 Å². The highest BCUT2D eigenvalue weighted by atomic mass is 16.5. The second-order valence-corrected chi connectivity index (χ2v) is 5.53. The molecule has 0 amide bonds. The minimum absolute atomic E-state index is 0.345. The molecule has 3 heteroatoms. The van der Waals surface area contributed by atoms with Gasteiger partial charge in [-0.25, -0.2) is 0 Å². The molecule has 0 bridgehead atoms. The normalized spacial score (nSPS) is 20.3. The van der Waals surface area contributed by atoms with E-state index in [0.717, 1.165) is 31.1 Å². The van der Waals surface area contributed by atoms with Gasteiger partial charge in [0.25, 0.3) is 0 Å². The number of para-hydroxylation sites is 1. The Bertz CT molecular complexity index is 379. The average molecular weight is 248 g/mol. The summed E-state index contributed by atoms with van der Waals surface area (Å²) in [4.78, 5) is 0. The van der Waals surface area contributed by atoms with Crippen LogP contribution in [0, 0.1) is 5.92 Å². The van der Waals surface area contributed by atoms with Crippen LogP contribution in [0.1, 0.15) is 44.6 Å². The monoisotopic (exact) mass is 248 g/mol. The molecule has 1 heterocycles. The molecule has 0 radical (unpaired) electrons. The quantitative estimate of drug-likeness (QED) is 0.622. The first-order chi connectivity index (χ1) is 8.72. The lowest BCUT2D eigenvalue weighted by molar-refractivity contribution is 0.238. The number of nitrogens with two attached hydrogens (primary N) is 1. The highest BCUT2D eigenvalue weighted by Gasteiger charge is 2.27. The summed E-state index contributed by atoms with van der Waals surface area (Å²) in [5, 5.41) is 0. The molecule has 0 aromatic heterocycles. The minimum Gasteiger partial charge on any atom is -0.493 e. The molecular weight excluding hydrogens is 224 g/mol. The standard InChI is InChI=1S/C15H24N2O/c1-11(2)7-8-14(17-16)12-9-10-18-15-6-4-3-5-13(12)15/h3-6,11-12,14,17H,7-10,16H2,1-2H3.